The normalized spacial score (nSPS) is 11.9. The molecule has 0 aliphatic rings. The summed E-state index contributed by atoms with van der Waals surface area (Å²) in [7, 11) is 0. The number of anilines is 2. The van der Waals surface area contributed by atoms with Crippen LogP contribution in [0.5, 0.6) is 11.5 Å². The van der Waals surface area contributed by atoms with Gasteiger partial charge in [0.05, 0.1) is 23.7 Å². The highest BCUT2D eigenvalue weighted by Gasteiger charge is 2.16. The molecular weight excluding hydrogens is 539 g/mol. The second-order valence-electron chi connectivity index (χ2n) is 8.90. The summed E-state index contributed by atoms with van der Waals surface area (Å²) in [6, 6.07) is 19.3. The first kappa shape index (κ1) is 27.1. The largest absolute Gasteiger partial charge is 0.480 e. The van der Waals surface area contributed by atoms with Crippen LogP contribution in [0, 0.1) is 5.82 Å². The van der Waals surface area contributed by atoms with Crippen LogP contribution in [0.25, 0.3) is 10.9 Å². The predicted molar refractivity (Wildman–Crippen MR) is 148 cm³/mol. The number of carboxylic acids is 1. The maximum absolute atomic E-state index is 13.5. The molecule has 0 saturated carbocycles. The van der Waals surface area contributed by atoms with Gasteiger partial charge in [0.25, 0.3) is 0 Å². The second-order valence-corrected chi connectivity index (χ2v) is 9.31. The summed E-state index contributed by atoms with van der Waals surface area (Å²) in [6.45, 7) is -0.344. The van der Waals surface area contributed by atoms with Crippen molar-refractivity contribution >= 4 is 40.0 Å². The zero-order valence-corrected chi connectivity index (χ0v) is 21.7. The van der Waals surface area contributed by atoms with Crippen LogP contribution in [0.2, 0.25) is 5.02 Å². The van der Waals surface area contributed by atoms with Gasteiger partial charge in [-0.15, -0.1) is 0 Å². The van der Waals surface area contributed by atoms with Crippen LogP contribution in [-0.4, -0.2) is 38.8 Å². The molecule has 5 rings (SSSR count). The van der Waals surface area contributed by atoms with Crippen LogP contribution in [0.3, 0.4) is 0 Å². The molecule has 11 heteroatoms. The van der Waals surface area contributed by atoms with E-state index in [9.17, 15) is 9.18 Å². The number of rotatable bonds is 11. The number of fused-ring (bicyclic) bond motifs is 1. The molecule has 1 unspecified atom stereocenters. The average molecular weight is 563 g/mol. The van der Waals surface area contributed by atoms with Crippen molar-refractivity contribution in [2.45, 2.75) is 19.0 Å². The lowest BCUT2D eigenvalue weighted by molar-refractivity contribution is -0.140. The number of aliphatic hydroxyl groups excluding tert-OH is 1. The van der Waals surface area contributed by atoms with E-state index < -0.39 is 24.4 Å². The molecule has 0 spiro atoms. The van der Waals surface area contributed by atoms with Gasteiger partial charge in [-0.2, -0.15) is 0 Å². The fourth-order valence-corrected chi connectivity index (χ4v) is 4.26. The zero-order valence-electron chi connectivity index (χ0n) is 21.0. The van der Waals surface area contributed by atoms with E-state index in [4.69, 9.17) is 31.0 Å². The minimum atomic E-state index is -1.13. The van der Waals surface area contributed by atoms with Gasteiger partial charge in [-0.1, -0.05) is 23.7 Å². The van der Waals surface area contributed by atoms with Crippen LogP contribution in [-0.2, 0) is 17.8 Å². The third kappa shape index (κ3) is 6.55. The molecule has 9 nitrogen and oxygen atoms in total. The number of hydrogen-bond acceptors (Lipinski definition) is 8. The van der Waals surface area contributed by atoms with Gasteiger partial charge in [-0.3, -0.25) is 10.1 Å². The van der Waals surface area contributed by atoms with Gasteiger partial charge in [-0.05, 0) is 60.2 Å². The Kier molecular flexibility index (Phi) is 8.20. The van der Waals surface area contributed by atoms with Gasteiger partial charge in [0.15, 0.2) is 0 Å². The molecular formula is C29H24ClFN4O5. The van der Waals surface area contributed by atoms with E-state index in [1.165, 1.54) is 18.5 Å². The zero-order chi connectivity index (χ0) is 28.1. The Morgan fingerprint density at radius 3 is 2.67 bits per heavy atom. The first-order valence-corrected chi connectivity index (χ1v) is 12.6. The van der Waals surface area contributed by atoms with Crippen molar-refractivity contribution in [3.8, 4) is 11.5 Å². The van der Waals surface area contributed by atoms with Crippen molar-refractivity contribution in [2.75, 3.05) is 11.9 Å². The Hall–Kier alpha value is -4.51. The Labute approximate surface area is 233 Å². The van der Waals surface area contributed by atoms with E-state index in [0.717, 1.165) is 16.5 Å². The molecule has 2 aromatic heterocycles. The van der Waals surface area contributed by atoms with E-state index in [-0.39, 0.29) is 6.54 Å². The molecule has 5 aromatic rings. The molecule has 0 fully saturated rings. The number of carboxylic acid groups (broad SMARTS) is 1. The number of benzene rings is 3. The van der Waals surface area contributed by atoms with Gasteiger partial charge < -0.3 is 24.7 Å². The second kappa shape index (κ2) is 12.1. The Morgan fingerprint density at radius 2 is 1.90 bits per heavy atom. The van der Waals surface area contributed by atoms with Gasteiger partial charge in [0, 0.05) is 23.6 Å². The maximum Gasteiger partial charge on any atom is 0.323 e. The third-order valence-electron chi connectivity index (χ3n) is 6.02. The summed E-state index contributed by atoms with van der Waals surface area (Å²) in [4.78, 5) is 19.8. The van der Waals surface area contributed by atoms with E-state index in [2.05, 4.69) is 20.6 Å². The average Bonchev–Trinajstić information content (AvgIpc) is 3.38. The highest BCUT2D eigenvalue weighted by molar-refractivity contribution is 6.32. The van der Waals surface area contributed by atoms with Crippen molar-refractivity contribution in [2.24, 2.45) is 0 Å². The minimum absolute atomic E-state index is 0.172. The van der Waals surface area contributed by atoms with E-state index in [1.807, 2.05) is 24.3 Å². The summed E-state index contributed by atoms with van der Waals surface area (Å²) in [5, 5.41) is 25.3. The summed E-state index contributed by atoms with van der Waals surface area (Å²) in [6.07, 6.45) is 1.96. The number of aromatic nitrogens is 2. The molecule has 0 aliphatic carbocycles. The number of nitrogens with zero attached hydrogens (tertiary/aromatic N) is 2. The molecule has 1 atom stereocenters. The summed E-state index contributed by atoms with van der Waals surface area (Å²) < 4.78 is 25.0. The number of hydrogen-bond donors (Lipinski definition) is 4. The van der Waals surface area contributed by atoms with Crippen molar-refractivity contribution in [1.29, 1.82) is 0 Å². The Balaban J connectivity index is 1.30. The quantitative estimate of drug-likeness (QED) is 0.161. The molecule has 0 bridgehead atoms. The van der Waals surface area contributed by atoms with E-state index in [0.29, 0.717) is 46.0 Å². The number of nitrogens with one attached hydrogen (secondary N) is 2. The molecule has 3 aromatic carbocycles. The minimum Gasteiger partial charge on any atom is -0.480 e. The van der Waals surface area contributed by atoms with Crippen molar-refractivity contribution < 1.29 is 28.6 Å². The highest BCUT2D eigenvalue weighted by Crippen LogP contribution is 2.33. The number of halogens is 2. The number of ether oxygens (including phenoxy) is 1. The van der Waals surface area contributed by atoms with Crippen LogP contribution in [0.4, 0.5) is 15.9 Å². The lowest BCUT2D eigenvalue weighted by atomic mass is 10.1. The SMILES string of the molecule is O=C(O)C(CO)NCc1ccc(Cc2ccc3ncnc(Nc4ccc(Oc5cccc(F)c5)c(Cl)c4)c3c2)o1. The molecule has 0 saturated heterocycles. The lowest BCUT2D eigenvalue weighted by Gasteiger charge is -2.12. The molecule has 0 radical (unpaired) electrons. The first-order chi connectivity index (χ1) is 19.4. The molecule has 0 aliphatic heterocycles. The van der Waals surface area contributed by atoms with Crippen LogP contribution >= 0.6 is 11.6 Å². The van der Waals surface area contributed by atoms with Gasteiger partial charge >= 0.3 is 5.97 Å². The number of aliphatic carboxylic acids is 1. The highest BCUT2D eigenvalue weighted by atomic mass is 35.5. The first-order valence-electron chi connectivity index (χ1n) is 12.3. The van der Waals surface area contributed by atoms with Crippen LogP contribution in [0.15, 0.2) is 83.5 Å². The van der Waals surface area contributed by atoms with Crippen LogP contribution in [0.1, 0.15) is 17.1 Å². The number of carbonyl (C=O) groups is 1. The molecule has 0 amide bonds. The fraction of sp³-hybridized carbons (Fsp3) is 0.138. The lowest BCUT2D eigenvalue weighted by Crippen LogP contribution is -2.39. The maximum atomic E-state index is 13.5. The van der Waals surface area contributed by atoms with Crippen molar-refractivity contribution in [3.05, 3.63) is 107 Å². The van der Waals surface area contributed by atoms with E-state index >= 15 is 0 Å². The number of aliphatic hydroxyl groups is 1. The Morgan fingerprint density at radius 1 is 1.05 bits per heavy atom. The monoisotopic (exact) mass is 562 g/mol. The van der Waals surface area contributed by atoms with Gasteiger partial charge in [0.1, 0.15) is 47.0 Å². The Bertz CT molecular complexity index is 1660. The topological polar surface area (TPSA) is 130 Å². The molecule has 40 heavy (non-hydrogen) atoms. The number of furan rings is 1. The predicted octanol–water partition coefficient (Wildman–Crippen LogP) is 5.68. The van der Waals surface area contributed by atoms with Crippen molar-refractivity contribution in [3.63, 3.8) is 0 Å². The summed E-state index contributed by atoms with van der Waals surface area (Å²) in [5.74, 6) is 1.02. The molecule has 2 heterocycles. The van der Waals surface area contributed by atoms with E-state index in [1.54, 1.807) is 36.4 Å². The smallest absolute Gasteiger partial charge is 0.323 e. The fourth-order valence-electron chi connectivity index (χ4n) is 4.04. The standard InChI is InChI=1S/C29H24ClFN4O5/c30-24-13-19(5-9-27(24)40-20-3-1-2-18(31)12-20)35-28-23-11-17(4-8-25(23)33-16-34-28)10-21-6-7-22(39-21)14-32-26(15-36)29(37)38/h1-9,11-13,16,26,32,36H,10,14-15H2,(H,37,38)(H,33,34,35). The molecule has 4 N–H and O–H groups in total. The summed E-state index contributed by atoms with van der Waals surface area (Å²) in [5.41, 5.74) is 2.37. The third-order valence-corrected chi connectivity index (χ3v) is 6.31. The van der Waals surface area contributed by atoms with Gasteiger partial charge in [-0.25, -0.2) is 14.4 Å². The van der Waals surface area contributed by atoms with Gasteiger partial charge in [0.2, 0.25) is 0 Å². The van der Waals surface area contributed by atoms with Crippen molar-refractivity contribution in [1.82, 2.24) is 15.3 Å². The van der Waals surface area contributed by atoms with Crippen LogP contribution < -0.4 is 15.4 Å². The summed E-state index contributed by atoms with van der Waals surface area (Å²) >= 11 is 6.44. The molecule has 204 valence electrons.